The Kier molecular flexibility index (Phi) is 5.03. The first-order chi connectivity index (χ1) is 7.52. The van der Waals surface area contributed by atoms with Crippen LogP contribution in [0.1, 0.15) is 12.5 Å². The van der Waals surface area contributed by atoms with Crippen LogP contribution in [0.25, 0.3) is 0 Å². The predicted molar refractivity (Wildman–Crippen MR) is 64.6 cm³/mol. The van der Waals surface area contributed by atoms with Crippen molar-refractivity contribution in [2.24, 2.45) is 0 Å². The standard InChI is InChI=1S/C12H17ClFNO/c1-9(13)7-15(2)8-10-4-5-11(16-3)6-12(10)14/h4-6,9H,7-8H2,1-3H3. The molecule has 0 N–H and O–H groups in total. The molecule has 0 saturated heterocycles. The first-order valence-corrected chi connectivity index (χ1v) is 5.61. The molecule has 0 bridgehead atoms. The number of halogens is 2. The van der Waals surface area contributed by atoms with E-state index in [4.69, 9.17) is 16.3 Å². The highest BCUT2D eigenvalue weighted by Crippen LogP contribution is 2.17. The molecule has 0 fully saturated rings. The maximum absolute atomic E-state index is 13.6. The molecule has 0 saturated carbocycles. The molecule has 16 heavy (non-hydrogen) atoms. The fourth-order valence-corrected chi connectivity index (χ4v) is 1.80. The van der Waals surface area contributed by atoms with Crippen LogP contribution in [0.15, 0.2) is 18.2 Å². The first-order valence-electron chi connectivity index (χ1n) is 5.18. The first kappa shape index (κ1) is 13.3. The zero-order chi connectivity index (χ0) is 12.1. The van der Waals surface area contributed by atoms with Crippen molar-refractivity contribution in [1.82, 2.24) is 4.90 Å². The minimum Gasteiger partial charge on any atom is -0.497 e. The van der Waals surface area contributed by atoms with Gasteiger partial charge in [0.1, 0.15) is 11.6 Å². The molecular weight excluding hydrogens is 229 g/mol. The van der Waals surface area contributed by atoms with E-state index in [0.29, 0.717) is 17.9 Å². The summed E-state index contributed by atoms with van der Waals surface area (Å²) in [6.07, 6.45) is 0. The smallest absolute Gasteiger partial charge is 0.131 e. The number of methoxy groups -OCH3 is 1. The van der Waals surface area contributed by atoms with Crippen molar-refractivity contribution in [3.8, 4) is 5.75 Å². The Labute approximate surface area is 101 Å². The number of benzene rings is 1. The van der Waals surface area contributed by atoms with E-state index < -0.39 is 0 Å². The summed E-state index contributed by atoms with van der Waals surface area (Å²) in [5.41, 5.74) is 0.653. The second-order valence-corrected chi connectivity index (χ2v) is 4.68. The fraction of sp³-hybridized carbons (Fsp3) is 0.500. The number of ether oxygens (including phenoxy) is 1. The van der Waals surface area contributed by atoms with Gasteiger partial charge in [0, 0.05) is 30.1 Å². The van der Waals surface area contributed by atoms with Gasteiger partial charge in [-0.25, -0.2) is 4.39 Å². The molecule has 1 unspecified atom stereocenters. The molecule has 1 atom stereocenters. The highest BCUT2D eigenvalue weighted by molar-refractivity contribution is 6.20. The number of hydrogen-bond donors (Lipinski definition) is 0. The molecule has 0 aliphatic carbocycles. The van der Waals surface area contributed by atoms with E-state index in [1.165, 1.54) is 13.2 Å². The molecule has 0 heterocycles. The second kappa shape index (κ2) is 6.06. The van der Waals surface area contributed by atoms with Gasteiger partial charge in [-0.1, -0.05) is 6.07 Å². The highest BCUT2D eigenvalue weighted by Gasteiger charge is 2.08. The number of rotatable bonds is 5. The molecule has 4 heteroatoms. The molecule has 1 rings (SSSR count). The molecule has 0 spiro atoms. The van der Waals surface area contributed by atoms with E-state index in [1.54, 1.807) is 12.1 Å². The van der Waals surface area contributed by atoms with Crippen LogP contribution < -0.4 is 4.74 Å². The van der Waals surface area contributed by atoms with E-state index in [0.717, 1.165) is 6.54 Å². The number of nitrogens with zero attached hydrogens (tertiary/aromatic N) is 1. The topological polar surface area (TPSA) is 12.5 Å². The van der Waals surface area contributed by atoms with Crippen LogP contribution in [0.4, 0.5) is 4.39 Å². The van der Waals surface area contributed by atoms with Crippen LogP contribution in [-0.4, -0.2) is 31.0 Å². The van der Waals surface area contributed by atoms with Gasteiger partial charge >= 0.3 is 0 Å². The molecule has 1 aromatic carbocycles. The lowest BCUT2D eigenvalue weighted by Crippen LogP contribution is -2.24. The molecule has 0 amide bonds. The lowest BCUT2D eigenvalue weighted by Gasteiger charge is -2.18. The van der Waals surface area contributed by atoms with Crippen LogP contribution >= 0.6 is 11.6 Å². The molecule has 0 aliphatic rings. The Morgan fingerprint density at radius 2 is 2.19 bits per heavy atom. The van der Waals surface area contributed by atoms with Gasteiger partial charge < -0.3 is 9.64 Å². The second-order valence-electron chi connectivity index (χ2n) is 3.93. The van der Waals surface area contributed by atoms with Crippen LogP contribution in [0.2, 0.25) is 0 Å². The molecule has 0 aromatic heterocycles. The van der Waals surface area contributed by atoms with Crippen molar-refractivity contribution >= 4 is 11.6 Å². The Morgan fingerprint density at radius 1 is 1.50 bits per heavy atom. The lowest BCUT2D eigenvalue weighted by molar-refractivity contribution is 0.323. The van der Waals surface area contributed by atoms with E-state index in [1.807, 2.05) is 18.9 Å². The van der Waals surface area contributed by atoms with E-state index in [-0.39, 0.29) is 11.2 Å². The van der Waals surface area contributed by atoms with Crippen LogP contribution in [0.5, 0.6) is 5.75 Å². The monoisotopic (exact) mass is 245 g/mol. The van der Waals surface area contributed by atoms with Gasteiger partial charge in [-0.3, -0.25) is 0 Å². The Hall–Kier alpha value is -0.800. The third kappa shape index (κ3) is 3.99. The van der Waals surface area contributed by atoms with Crippen LogP contribution in [0.3, 0.4) is 0 Å². The Bertz CT molecular complexity index is 344. The summed E-state index contributed by atoms with van der Waals surface area (Å²) in [6, 6.07) is 4.90. The summed E-state index contributed by atoms with van der Waals surface area (Å²) in [5, 5.41) is 0.0614. The zero-order valence-corrected chi connectivity index (χ0v) is 10.6. The largest absolute Gasteiger partial charge is 0.497 e. The van der Waals surface area contributed by atoms with Gasteiger partial charge in [0.2, 0.25) is 0 Å². The van der Waals surface area contributed by atoms with E-state index >= 15 is 0 Å². The summed E-state index contributed by atoms with van der Waals surface area (Å²) in [7, 11) is 3.44. The molecule has 0 radical (unpaired) electrons. The summed E-state index contributed by atoms with van der Waals surface area (Å²) in [5.74, 6) is 0.294. The summed E-state index contributed by atoms with van der Waals surface area (Å²) in [4.78, 5) is 1.99. The molecule has 1 aromatic rings. The van der Waals surface area contributed by atoms with Gasteiger partial charge in [0.25, 0.3) is 0 Å². The predicted octanol–water partition coefficient (Wildman–Crippen LogP) is 2.89. The SMILES string of the molecule is COc1ccc(CN(C)CC(C)Cl)c(F)c1. The highest BCUT2D eigenvalue weighted by atomic mass is 35.5. The summed E-state index contributed by atoms with van der Waals surface area (Å²) in [6.45, 7) is 3.20. The van der Waals surface area contributed by atoms with Crippen molar-refractivity contribution in [2.45, 2.75) is 18.8 Å². The minimum absolute atomic E-state index is 0.0614. The summed E-state index contributed by atoms with van der Waals surface area (Å²) >= 11 is 5.87. The van der Waals surface area contributed by atoms with E-state index in [2.05, 4.69) is 0 Å². The zero-order valence-electron chi connectivity index (χ0n) is 9.84. The van der Waals surface area contributed by atoms with Gasteiger partial charge in [-0.15, -0.1) is 11.6 Å². The van der Waals surface area contributed by atoms with Gasteiger partial charge in [-0.2, -0.15) is 0 Å². The van der Waals surface area contributed by atoms with Crippen molar-refractivity contribution in [3.63, 3.8) is 0 Å². The molecule has 2 nitrogen and oxygen atoms in total. The Balaban J connectivity index is 2.66. The molecular formula is C12H17ClFNO. The van der Waals surface area contributed by atoms with Crippen LogP contribution in [-0.2, 0) is 6.54 Å². The van der Waals surface area contributed by atoms with Crippen molar-refractivity contribution < 1.29 is 9.13 Å². The van der Waals surface area contributed by atoms with Gasteiger partial charge in [0.05, 0.1) is 7.11 Å². The fourth-order valence-electron chi connectivity index (χ4n) is 1.57. The normalized spacial score (nSPS) is 12.9. The average molecular weight is 246 g/mol. The maximum Gasteiger partial charge on any atom is 0.131 e. The van der Waals surface area contributed by atoms with E-state index in [9.17, 15) is 4.39 Å². The number of alkyl halides is 1. The van der Waals surface area contributed by atoms with Crippen molar-refractivity contribution in [2.75, 3.05) is 20.7 Å². The molecule has 90 valence electrons. The number of hydrogen-bond acceptors (Lipinski definition) is 2. The summed E-state index contributed by atoms with van der Waals surface area (Å²) < 4.78 is 18.5. The molecule has 0 aliphatic heterocycles. The minimum atomic E-state index is -0.242. The lowest BCUT2D eigenvalue weighted by atomic mass is 10.2. The third-order valence-electron chi connectivity index (χ3n) is 2.26. The van der Waals surface area contributed by atoms with Crippen molar-refractivity contribution in [1.29, 1.82) is 0 Å². The Morgan fingerprint density at radius 3 is 2.69 bits per heavy atom. The maximum atomic E-state index is 13.6. The average Bonchev–Trinajstić information content (AvgIpc) is 2.19. The van der Waals surface area contributed by atoms with Crippen molar-refractivity contribution in [3.05, 3.63) is 29.6 Å². The van der Waals surface area contributed by atoms with Gasteiger partial charge in [-0.05, 0) is 20.0 Å². The van der Waals surface area contributed by atoms with Crippen LogP contribution in [0, 0.1) is 5.82 Å². The van der Waals surface area contributed by atoms with Gasteiger partial charge in [0.15, 0.2) is 0 Å². The quantitative estimate of drug-likeness (QED) is 0.740. The third-order valence-corrected chi connectivity index (χ3v) is 2.40.